The smallest absolute Gasteiger partial charge is 0.338 e. The maximum absolute atomic E-state index is 14.0. The topological polar surface area (TPSA) is 164 Å². The lowest BCUT2D eigenvalue weighted by molar-refractivity contribution is -0.139. The minimum Gasteiger partial charge on any atom is -0.463 e. The number of carbonyl (C=O) groups is 2. The number of hydrogen-bond donors (Lipinski definition) is 2. The number of amides is 1. The second kappa shape index (κ2) is 12.1. The Morgan fingerprint density at radius 3 is 2.71 bits per heavy atom. The molecule has 12 nitrogen and oxygen atoms in total. The standard InChI is InChI=1S/C25H27BrFN5O7S3/c1-2-39-25(34)20-18(12-32-8-10-41(35,36)13-19(32)23(33)31-42(37,38)15-4-5-15)29-22(24-28-7-9-40-24)30-21(20)16-6-3-14(27)11-17(16)26/h3,6-7,9,11,15,19,21H,2,4-5,8,10,12-13H2,1H3,(H,29,30)(H,31,33)/t19-,21-/m0/s1. The lowest BCUT2D eigenvalue weighted by Crippen LogP contribution is -2.58. The summed E-state index contributed by atoms with van der Waals surface area (Å²) in [7, 11) is -7.60. The molecule has 2 atom stereocenters. The van der Waals surface area contributed by atoms with Crippen LogP contribution < -0.4 is 10.0 Å². The summed E-state index contributed by atoms with van der Waals surface area (Å²) in [6, 6.07) is 1.65. The van der Waals surface area contributed by atoms with E-state index in [1.165, 1.54) is 34.4 Å². The van der Waals surface area contributed by atoms with Crippen LogP contribution in [0.1, 0.15) is 36.4 Å². The fourth-order valence-corrected chi connectivity index (χ4v) is 8.73. The minimum absolute atomic E-state index is 0.0436. The quantitative estimate of drug-likeness (QED) is 0.367. The second-order valence-corrected chi connectivity index (χ2v) is 15.9. The summed E-state index contributed by atoms with van der Waals surface area (Å²) < 4.78 is 71.9. The molecule has 1 aliphatic carbocycles. The third kappa shape index (κ3) is 6.74. The Labute approximate surface area is 254 Å². The molecule has 5 rings (SSSR count). The van der Waals surface area contributed by atoms with Crippen LogP contribution in [-0.4, -0.2) is 86.9 Å². The molecule has 3 aliphatic rings. The number of nitrogens with zero attached hydrogens (tertiary/aromatic N) is 3. The monoisotopic (exact) mass is 703 g/mol. The van der Waals surface area contributed by atoms with Gasteiger partial charge < -0.3 is 10.1 Å². The van der Waals surface area contributed by atoms with Crippen LogP contribution in [0.4, 0.5) is 4.39 Å². The highest BCUT2D eigenvalue weighted by Crippen LogP contribution is 2.37. The van der Waals surface area contributed by atoms with Gasteiger partial charge in [-0.05, 0) is 37.5 Å². The molecule has 1 saturated heterocycles. The first kappa shape index (κ1) is 30.7. The Hall–Kier alpha value is -2.73. The van der Waals surface area contributed by atoms with Crippen molar-refractivity contribution in [2.45, 2.75) is 37.1 Å². The third-order valence-corrected chi connectivity index (χ3v) is 11.9. The molecule has 2 fully saturated rings. The zero-order valence-corrected chi connectivity index (χ0v) is 26.3. The third-order valence-electron chi connectivity index (χ3n) is 6.93. The van der Waals surface area contributed by atoms with Crippen LogP contribution in [0, 0.1) is 5.82 Å². The molecule has 0 spiro atoms. The fraction of sp³-hybridized carbons (Fsp3) is 0.440. The van der Waals surface area contributed by atoms with E-state index in [0.717, 1.165) is 0 Å². The first-order valence-electron chi connectivity index (χ1n) is 13.0. The van der Waals surface area contributed by atoms with Gasteiger partial charge in [0.1, 0.15) is 17.9 Å². The van der Waals surface area contributed by atoms with Crippen molar-refractivity contribution in [3.8, 4) is 0 Å². The van der Waals surface area contributed by atoms with Crippen molar-refractivity contribution in [3.63, 3.8) is 0 Å². The summed E-state index contributed by atoms with van der Waals surface area (Å²) in [5, 5.41) is 4.68. The van der Waals surface area contributed by atoms with Crippen molar-refractivity contribution in [1.29, 1.82) is 0 Å². The van der Waals surface area contributed by atoms with E-state index in [4.69, 9.17) is 9.73 Å². The predicted octanol–water partition coefficient (Wildman–Crippen LogP) is 1.66. The van der Waals surface area contributed by atoms with E-state index in [1.807, 2.05) is 0 Å². The number of rotatable bonds is 9. The molecule has 17 heteroatoms. The van der Waals surface area contributed by atoms with Crippen molar-refractivity contribution in [1.82, 2.24) is 19.9 Å². The fourth-order valence-electron chi connectivity index (χ4n) is 4.71. The zero-order chi connectivity index (χ0) is 30.2. The summed E-state index contributed by atoms with van der Waals surface area (Å²) >= 11 is 4.65. The van der Waals surface area contributed by atoms with Gasteiger partial charge in [0.25, 0.3) is 5.91 Å². The Morgan fingerprint density at radius 2 is 2.07 bits per heavy atom. The molecule has 42 heavy (non-hydrogen) atoms. The van der Waals surface area contributed by atoms with Crippen molar-refractivity contribution < 1.29 is 35.6 Å². The summed E-state index contributed by atoms with van der Waals surface area (Å²) in [4.78, 5) is 37.2. The molecule has 0 radical (unpaired) electrons. The Morgan fingerprint density at radius 1 is 1.31 bits per heavy atom. The number of halogens is 2. The van der Waals surface area contributed by atoms with Crippen LogP contribution in [0.15, 0.2) is 50.5 Å². The number of thiazole rings is 1. The van der Waals surface area contributed by atoms with Gasteiger partial charge in [-0.2, -0.15) is 0 Å². The number of carbonyl (C=O) groups excluding carboxylic acids is 2. The highest BCUT2D eigenvalue weighted by molar-refractivity contribution is 9.10. The van der Waals surface area contributed by atoms with E-state index in [9.17, 15) is 30.8 Å². The van der Waals surface area contributed by atoms with Crippen molar-refractivity contribution in [3.05, 3.63) is 61.9 Å². The van der Waals surface area contributed by atoms with Gasteiger partial charge in [-0.15, -0.1) is 11.3 Å². The molecule has 2 aromatic rings. The molecule has 1 amide bonds. The highest BCUT2D eigenvalue weighted by Gasteiger charge is 2.43. The van der Waals surface area contributed by atoms with Crippen molar-refractivity contribution in [2.75, 3.05) is 31.2 Å². The van der Waals surface area contributed by atoms with Gasteiger partial charge in [0.05, 0.1) is 28.9 Å². The van der Waals surface area contributed by atoms with Crippen LogP contribution in [0.5, 0.6) is 0 Å². The predicted molar refractivity (Wildman–Crippen MR) is 156 cm³/mol. The summed E-state index contributed by atoms with van der Waals surface area (Å²) in [5.74, 6) is -2.74. The number of sulfonamides is 1. The number of nitrogens with one attached hydrogen (secondary N) is 2. The van der Waals surface area contributed by atoms with Crippen LogP contribution >= 0.6 is 27.3 Å². The number of esters is 1. The summed E-state index contributed by atoms with van der Waals surface area (Å²) in [5.41, 5.74) is 0.790. The molecule has 1 aromatic carbocycles. The number of sulfone groups is 1. The van der Waals surface area contributed by atoms with Gasteiger partial charge in [-0.25, -0.2) is 31.0 Å². The zero-order valence-electron chi connectivity index (χ0n) is 22.2. The first-order valence-corrected chi connectivity index (χ1v) is 18.0. The molecule has 2 N–H and O–H groups in total. The van der Waals surface area contributed by atoms with Crippen molar-refractivity contribution >= 4 is 64.8 Å². The molecule has 3 heterocycles. The number of ether oxygens (including phenoxy) is 1. The number of aliphatic imine (C=N–C) groups is 1. The first-order chi connectivity index (χ1) is 19.9. The van der Waals surface area contributed by atoms with Gasteiger partial charge >= 0.3 is 5.97 Å². The lowest BCUT2D eigenvalue weighted by atomic mass is 9.95. The normalized spacial score (nSPS) is 22.7. The average Bonchev–Trinajstić information content (AvgIpc) is 3.65. The van der Waals surface area contributed by atoms with Gasteiger partial charge in [0.2, 0.25) is 10.0 Å². The Bertz CT molecular complexity index is 1680. The number of aromatic nitrogens is 1. The molecule has 1 saturated carbocycles. The Kier molecular flexibility index (Phi) is 8.85. The highest BCUT2D eigenvalue weighted by atomic mass is 79.9. The molecule has 1 aromatic heterocycles. The Balaban J connectivity index is 1.57. The van der Waals surface area contributed by atoms with E-state index in [1.54, 1.807) is 18.5 Å². The van der Waals surface area contributed by atoms with E-state index >= 15 is 0 Å². The number of hydrogen-bond acceptors (Lipinski definition) is 12. The molecule has 0 bridgehead atoms. The maximum Gasteiger partial charge on any atom is 0.338 e. The van der Waals surface area contributed by atoms with E-state index in [0.29, 0.717) is 33.7 Å². The number of benzene rings is 1. The van der Waals surface area contributed by atoms with Gasteiger partial charge in [0, 0.05) is 34.8 Å². The SMILES string of the molecule is CCOC(=O)C1=C(CN2CCS(=O)(=O)C[C@H]2C(=O)NS(=O)(=O)C2CC2)NC(c2nccs2)=N[C@H]1c1ccc(F)cc1Br. The van der Waals surface area contributed by atoms with Gasteiger partial charge in [-0.3, -0.25) is 19.4 Å². The van der Waals surface area contributed by atoms with Crippen molar-refractivity contribution in [2.24, 2.45) is 4.99 Å². The molecule has 226 valence electrons. The maximum atomic E-state index is 14.0. The van der Waals surface area contributed by atoms with Gasteiger partial charge in [0.15, 0.2) is 20.7 Å². The molecular formula is C25H27BrFN5O7S3. The molecular weight excluding hydrogens is 677 g/mol. The van der Waals surface area contributed by atoms with E-state index < -0.39 is 60.6 Å². The largest absolute Gasteiger partial charge is 0.463 e. The van der Waals surface area contributed by atoms with Crippen LogP contribution in [0.3, 0.4) is 0 Å². The van der Waals surface area contributed by atoms with E-state index in [-0.39, 0.29) is 36.7 Å². The lowest BCUT2D eigenvalue weighted by Gasteiger charge is -2.36. The number of amidine groups is 1. The second-order valence-electron chi connectivity index (χ2n) is 9.93. The van der Waals surface area contributed by atoms with Gasteiger partial charge in [-0.1, -0.05) is 22.0 Å². The average molecular weight is 705 g/mol. The van der Waals surface area contributed by atoms with Crippen LogP contribution in [-0.2, 0) is 34.2 Å². The molecule has 2 aliphatic heterocycles. The van der Waals surface area contributed by atoms with Crippen LogP contribution in [0.25, 0.3) is 0 Å². The van der Waals surface area contributed by atoms with Crippen LogP contribution in [0.2, 0.25) is 0 Å². The van der Waals surface area contributed by atoms with E-state index in [2.05, 4.69) is 31.0 Å². The summed E-state index contributed by atoms with van der Waals surface area (Å²) in [6.45, 7) is 1.43. The summed E-state index contributed by atoms with van der Waals surface area (Å²) in [6.07, 6.45) is 2.43. The minimum atomic E-state index is -3.94. The molecule has 0 unspecified atom stereocenters.